The lowest BCUT2D eigenvalue weighted by Gasteiger charge is -2.19. The van der Waals surface area contributed by atoms with Gasteiger partial charge in [-0.05, 0) is 47.9 Å². The van der Waals surface area contributed by atoms with E-state index in [0.717, 1.165) is 16.9 Å². The molecule has 0 aliphatic rings. The third kappa shape index (κ3) is 2.67. The smallest absolute Gasteiger partial charge is 0.143 e. The molecule has 0 saturated carbocycles. The van der Waals surface area contributed by atoms with E-state index in [1.54, 1.807) is 11.0 Å². The number of nitrogens with zero attached hydrogens (tertiary/aromatic N) is 4. The van der Waals surface area contributed by atoms with E-state index in [4.69, 9.17) is 0 Å². The molecule has 96 valence electrons. The van der Waals surface area contributed by atoms with Crippen molar-refractivity contribution in [3.63, 3.8) is 0 Å². The average molecular weight is 245 g/mol. The average Bonchev–Trinajstić information content (AvgIpc) is 2.85. The number of tetrazole rings is 1. The first-order chi connectivity index (χ1) is 8.58. The van der Waals surface area contributed by atoms with Crippen molar-refractivity contribution in [1.82, 2.24) is 20.2 Å². The van der Waals surface area contributed by atoms with Gasteiger partial charge in [0.1, 0.15) is 6.33 Å². The summed E-state index contributed by atoms with van der Waals surface area (Å²) in [7, 11) is 0. The second kappa shape index (κ2) is 5.16. The molecule has 0 aliphatic heterocycles. The van der Waals surface area contributed by atoms with E-state index in [1.807, 2.05) is 6.92 Å². The van der Waals surface area contributed by atoms with E-state index in [2.05, 4.69) is 59.8 Å². The molecule has 5 heteroatoms. The number of aromatic nitrogens is 4. The minimum absolute atomic E-state index is 0.425. The van der Waals surface area contributed by atoms with Gasteiger partial charge in [-0.2, -0.15) is 0 Å². The predicted octanol–water partition coefficient (Wildman–Crippen LogP) is 2.43. The molecule has 0 saturated heterocycles. The van der Waals surface area contributed by atoms with Crippen molar-refractivity contribution in [3.05, 3.63) is 30.1 Å². The summed E-state index contributed by atoms with van der Waals surface area (Å²) in [4.78, 5) is 0. The summed E-state index contributed by atoms with van der Waals surface area (Å²) < 4.78 is 1.68. The minimum Gasteiger partial charge on any atom is -0.382 e. The molecule has 0 fully saturated rings. The molecule has 0 bridgehead atoms. The van der Waals surface area contributed by atoms with E-state index in [1.165, 1.54) is 0 Å². The Balaban J connectivity index is 2.27. The zero-order valence-corrected chi connectivity index (χ0v) is 11.3. The Hall–Kier alpha value is -1.91. The Morgan fingerprint density at radius 1 is 1.22 bits per heavy atom. The number of benzene rings is 1. The van der Waals surface area contributed by atoms with Gasteiger partial charge in [-0.25, -0.2) is 4.68 Å². The Kier molecular flexibility index (Phi) is 3.60. The number of hydrogen-bond donors (Lipinski definition) is 1. The summed E-state index contributed by atoms with van der Waals surface area (Å²) in [6.07, 6.45) is 1.61. The van der Waals surface area contributed by atoms with Crippen LogP contribution >= 0.6 is 0 Å². The Morgan fingerprint density at radius 3 is 2.61 bits per heavy atom. The lowest BCUT2D eigenvalue weighted by molar-refractivity contribution is 0.560. The van der Waals surface area contributed by atoms with E-state index >= 15 is 0 Å². The molecule has 1 heterocycles. The van der Waals surface area contributed by atoms with Crippen LogP contribution in [0.15, 0.2) is 24.5 Å². The highest BCUT2D eigenvalue weighted by molar-refractivity contribution is 5.54. The first-order valence-corrected chi connectivity index (χ1v) is 6.18. The van der Waals surface area contributed by atoms with Crippen LogP contribution in [0.1, 0.15) is 26.3 Å². The molecule has 0 amide bonds. The van der Waals surface area contributed by atoms with Crippen LogP contribution in [-0.4, -0.2) is 26.2 Å². The molecule has 1 atom stereocenters. The summed E-state index contributed by atoms with van der Waals surface area (Å²) in [6.45, 7) is 8.64. The summed E-state index contributed by atoms with van der Waals surface area (Å²) in [5.74, 6) is 0.586. The molecule has 2 aromatic rings. The number of anilines is 1. The van der Waals surface area contributed by atoms with E-state index < -0.39 is 0 Å². The van der Waals surface area contributed by atoms with Crippen molar-refractivity contribution in [1.29, 1.82) is 0 Å². The predicted molar refractivity (Wildman–Crippen MR) is 71.8 cm³/mol. The van der Waals surface area contributed by atoms with E-state index in [9.17, 15) is 0 Å². The highest BCUT2D eigenvalue weighted by Gasteiger charge is 2.09. The van der Waals surface area contributed by atoms with Crippen LogP contribution in [0.5, 0.6) is 0 Å². The van der Waals surface area contributed by atoms with Gasteiger partial charge in [-0.1, -0.05) is 19.9 Å². The van der Waals surface area contributed by atoms with Crippen LogP contribution in [0.4, 0.5) is 5.69 Å². The lowest BCUT2D eigenvalue weighted by Crippen LogP contribution is -2.21. The molecule has 1 aromatic heterocycles. The van der Waals surface area contributed by atoms with Gasteiger partial charge in [-0.15, -0.1) is 5.10 Å². The quantitative estimate of drug-likeness (QED) is 0.898. The third-order valence-electron chi connectivity index (χ3n) is 3.20. The Morgan fingerprint density at radius 2 is 2.00 bits per heavy atom. The SMILES string of the molecule is Cc1ccc(NC(C)C(C)C)cc1-n1cnnn1. The van der Waals surface area contributed by atoms with Crippen molar-refractivity contribution in [2.45, 2.75) is 33.7 Å². The largest absolute Gasteiger partial charge is 0.382 e. The second-order valence-corrected chi connectivity index (χ2v) is 4.93. The maximum atomic E-state index is 3.93. The van der Waals surface area contributed by atoms with Gasteiger partial charge < -0.3 is 5.32 Å². The summed E-state index contributed by atoms with van der Waals surface area (Å²) >= 11 is 0. The molecular formula is C13H19N5. The first kappa shape index (κ1) is 12.5. The fraction of sp³-hybridized carbons (Fsp3) is 0.462. The lowest BCUT2D eigenvalue weighted by atomic mass is 10.1. The minimum atomic E-state index is 0.425. The van der Waals surface area contributed by atoms with Gasteiger partial charge >= 0.3 is 0 Å². The van der Waals surface area contributed by atoms with E-state index in [0.29, 0.717) is 12.0 Å². The molecule has 2 rings (SSSR count). The van der Waals surface area contributed by atoms with Crippen LogP contribution in [0.25, 0.3) is 5.69 Å². The molecule has 1 unspecified atom stereocenters. The zero-order valence-electron chi connectivity index (χ0n) is 11.3. The van der Waals surface area contributed by atoms with Crippen molar-refractivity contribution in [2.24, 2.45) is 5.92 Å². The monoisotopic (exact) mass is 245 g/mol. The molecule has 5 nitrogen and oxygen atoms in total. The van der Waals surface area contributed by atoms with E-state index in [-0.39, 0.29) is 0 Å². The van der Waals surface area contributed by atoms with Gasteiger partial charge in [0, 0.05) is 11.7 Å². The summed E-state index contributed by atoms with van der Waals surface area (Å²) in [6, 6.07) is 6.66. The number of hydrogen-bond acceptors (Lipinski definition) is 4. The van der Waals surface area contributed by atoms with Gasteiger partial charge in [0.25, 0.3) is 0 Å². The van der Waals surface area contributed by atoms with Gasteiger partial charge in [-0.3, -0.25) is 0 Å². The van der Waals surface area contributed by atoms with Gasteiger partial charge in [0.05, 0.1) is 5.69 Å². The van der Waals surface area contributed by atoms with Crippen LogP contribution in [0, 0.1) is 12.8 Å². The van der Waals surface area contributed by atoms with Crippen LogP contribution in [-0.2, 0) is 0 Å². The highest BCUT2D eigenvalue weighted by atomic mass is 15.5. The van der Waals surface area contributed by atoms with Gasteiger partial charge in [0.15, 0.2) is 0 Å². The number of rotatable bonds is 4. The fourth-order valence-corrected chi connectivity index (χ4v) is 1.65. The van der Waals surface area contributed by atoms with Crippen molar-refractivity contribution in [2.75, 3.05) is 5.32 Å². The molecular weight excluding hydrogens is 226 g/mol. The summed E-state index contributed by atoms with van der Waals surface area (Å²) in [5.41, 5.74) is 3.23. The fourth-order valence-electron chi connectivity index (χ4n) is 1.65. The molecule has 0 aliphatic carbocycles. The molecule has 0 spiro atoms. The van der Waals surface area contributed by atoms with Crippen LogP contribution in [0.3, 0.4) is 0 Å². The molecule has 18 heavy (non-hydrogen) atoms. The Labute approximate surface area is 107 Å². The normalized spacial score (nSPS) is 12.7. The Bertz CT molecular complexity index is 504. The second-order valence-electron chi connectivity index (χ2n) is 4.93. The topological polar surface area (TPSA) is 55.6 Å². The molecule has 1 aromatic carbocycles. The maximum Gasteiger partial charge on any atom is 0.143 e. The third-order valence-corrected chi connectivity index (χ3v) is 3.20. The van der Waals surface area contributed by atoms with Gasteiger partial charge in [0.2, 0.25) is 0 Å². The number of aryl methyl sites for hydroxylation is 1. The van der Waals surface area contributed by atoms with Crippen molar-refractivity contribution < 1.29 is 0 Å². The molecule has 1 N–H and O–H groups in total. The van der Waals surface area contributed by atoms with Crippen molar-refractivity contribution in [3.8, 4) is 5.69 Å². The highest BCUT2D eigenvalue weighted by Crippen LogP contribution is 2.20. The van der Waals surface area contributed by atoms with Crippen molar-refractivity contribution >= 4 is 5.69 Å². The van der Waals surface area contributed by atoms with Crippen LogP contribution < -0.4 is 5.32 Å². The summed E-state index contributed by atoms with van der Waals surface area (Å²) in [5, 5.41) is 14.8. The molecule has 0 radical (unpaired) electrons. The first-order valence-electron chi connectivity index (χ1n) is 6.18. The maximum absolute atomic E-state index is 3.93. The zero-order chi connectivity index (χ0) is 13.1. The standard InChI is InChI=1S/C13H19N5/c1-9(2)11(4)15-12-6-5-10(3)13(7-12)18-8-14-16-17-18/h5-9,11,15H,1-4H3. The van der Waals surface area contributed by atoms with Crippen LogP contribution in [0.2, 0.25) is 0 Å². The number of nitrogens with one attached hydrogen (secondary N) is 1.